The van der Waals surface area contributed by atoms with Crippen molar-refractivity contribution in [3.8, 4) is 11.4 Å². The Morgan fingerprint density at radius 2 is 1.81 bits per heavy atom. The van der Waals surface area contributed by atoms with Crippen LogP contribution in [0.4, 0.5) is 27.1 Å². The highest BCUT2D eigenvalue weighted by molar-refractivity contribution is 7.10. The van der Waals surface area contributed by atoms with Gasteiger partial charge in [-0.2, -0.15) is 22.5 Å². The van der Waals surface area contributed by atoms with Crippen LogP contribution in [-0.2, 0) is 6.18 Å². The first kappa shape index (κ1) is 18.9. The van der Waals surface area contributed by atoms with E-state index in [1.807, 2.05) is 0 Å². The summed E-state index contributed by atoms with van der Waals surface area (Å²) in [6, 6.07) is 7.48. The molecule has 1 amide bonds. The average Bonchev–Trinajstić information content (AvgIpc) is 3.02. The predicted octanol–water partition coefficient (Wildman–Crippen LogP) is 5.06. The fourth-order valence-electron chi connectivity index (χ4n) is 2.34. The number of halogens is 5. The largest absolute Gasteiger partial charge is 0.419 e. The van der Waals surface area contributed by atoms with Crippen LogP contribution in [0.1, 0.15) is 21.5 Å². The molecule has 3 aromatic rings. The van der Waals surface area contributed by atoms with Crippen LogP contribution in [0.2, 0.25) is 0 Å². The van der Waals surface area contributed by atoms with Gasteiger partial charge in [-0.15, -0.1) is 0 Å². The van der Waals surface area contributed by atoms with Gasteiger partial charge in [0.05, 0.1) is 11.1 Å². The van der Waals surface area contributed by atoms with Gasteiger partial charge in [0.25, 0.3) is 5.91 Å². The number of nitrogens with zero attached hydrogens (tertiary/aromatic N) is 2. The number of aromatic nitrogens is 2. The van der Waals surface area contributed by atoms with Crippen LogP contribution in [0.5, 0.6) is 0 Å². The molecule has 2 aromatic carbocycles. The summed E-state index contributed by atoms with van der Waals surface area (Å²) >= 11 is 0.596. The van der Waals surface area contributed by atoms with Crippen molar-refractivity contribution in [3.05, 3.63) is 64.7 Å². The van der Waals surface area contributed by atoms with Gasteiger partial charge < -0.3 is 0 Å². The molecule has 0 saturated carbocycles. The van der Waals surface area contributed by atoms with E-state index in [0.29, 0.717) is 34.8 Å². The topological polar surface area (TPSA) is 54.9 Å². The predicted molar refractivity (Wildman–Crippen MR) is 89.4 cm³/mol. The van der Waals surface area contributed by atoms with Crippen molar-refractivity contribution in [1.82, 2.24) is 9.36 Å². The van der Waals surface area contributed by atoms with E-state index in [0.717, 1.165) is 0 Å². The van der Waals surface area contributed by atoms with Crippen molar-refractivity contribution in [2.75, 3.05) is 5.32 Å². The van der Waals surface area contributed by atoms with Crippen molar-refractivity contribution >= 4 is 22.6 Å². The van der Waals surface area contributed by atoms with E-state index in [2.05, 4.69) is 14.7 Å². The van der Waals surface area contributed by atoms with Crippen LogP contribution in [0.25, 0.3) is 11.4 Å². The molecule has 1 heterocycles. The molecule has 10 heteroatoms. The van der Waals surface area contributed by atoms with Crippen LogP contribution in [0.3, 0.4) is 0 Å². The lowest BCUT2D eigenvalue weighted by atomic mass is 10.1. The molecule has 0 aliphatic carbocycles. The zero-order valence-corrected chi connectivity index (χ0v) is 14.4. The zero-order chi connectivity index (χ0) is 19.8. The molecule has 3 rings (SSSR count). The van der Waals surface area contributed by atoms with E-state index in [4.69, 9.17) is 0 Å². The molecule has 0 radical (unpaired) electrons. The minimum absolute atomic E-state index is 0.102. The number of carbonyl (C=O) groups excluding carboxylic acids is 1. The van der Waals surface area contributed by atoms with Gasteiger partial charge in [0, 0.05) is 17.1 Å². The van der Waals surface area contributed by atoms with Crippen LogP contribution in [0.15, 0.2) is 36.4 Å². The van der Waals surface area contributed by atoms with Gasteiger partial charge in [0.2, 0.25) is 5.13 Å². The van der Waals surface area contributed by atoms with Gasteiger partial charge in [-0.1, -0.05) is 18.2 Å². The average molecular weight is 399 g/mol. The normalized spacial score (nSPS) is 11.5. The maximum Gasteiger partial charge on any atom is 0.419 e. The third-order valence-electron chi connectivity index (χ3n) is 3.66. The fourth-order valence-corrected chi connectivity index (χ4v) is 2.92. The van der Waals surface area contributed by atoms with Crippen molar-refractivity contribution < 1.29 is 26.7 Å². The summed E-state index contributed by atoms with van der Waals surface area (Å²) in [5, 5.41) is 2.31. The molecule has 0 atom stereocenters. The second-order valence-electron chi connectivity index (χ2n) is 5.47. The van der Waals surface area contributed by atoms with E-state index < -0.39 is 40.7 Å². The Morgan fingerprint density at radius 1 is 1.11 bits per heavy atom. The molecule has 0 aliphatic heterocycles. The number of rotatable bonds is 3. The molecule has 0 aliphatic rings. The lowest BCUT2D eigenvalue weighted by Gasteiger charge is -2.10. The van der Waals surface area contributed by atoms with Gasteiger partial charge in [-0.3, -0.25) is 10.1 Å². The number of carbonyl (C=O) groups is 1. The van der Waals surface area contributed by atoms with Gasteiger partial charge >= 0.3 is 6.18 Å². The second kappa shape index (κ2) is 7.03. The van der Waals surface area contributed by atoms with E-state index >= 15 is 0 Å². The van der Waals surface area contributed by atoms with Crippen LogP contribution < -0.4 is 5.32 Å². The maximum absolute atomic E-state index is 14.2. The number of aryl methyl sites for hydroxylation is 1. The third-order valence-corrected chi connectivity index (χ3v) is 4.29. The number of anilines is 1. The first-order valence-electron chi connectivity index (χ1n) is 7.44. The van der Waals surface area contributed by atoms with Crippen molar-refractivity contribution in [1.29, 1.82) is 0 Å². The highest BCUT2D eigenvalue weighted by Gasteiger charge is 2.36. The van der Waals surface area contributed by atoms with Crippen molar-refractivity contribution in [3.63, 3.8) is 0 Å². The molecule has 1 aromatic heterocycles. The molecular formula is C17H10F5N3OS. The summed E-state index contributed by atoms with van der Waals surface area (Å²) in [4.78, 5) is 16.0. The summed E-state index contributed by atoms with van der Waals surface area (Å²) < 4.78 is 70.2. The highest BCUT2D eigenvalue weighted by Crippen LogP contribution is 2.36. The number of alkyl halides is 3. The number of hydrogen-bond acceptors (Lipinski definition) is 4. The minimum Gasteiger partial charge on any atom is -0.297 e. The molecule has 4 nitrogen and oxygen atoms in total. The molecule has 0 bridgehead atoms. The summed E-state index contributed by atoms with van der Waals surface area (Å²) in [5.41, 5.74) is -1.59. The molecule has 27 heavy (non-hydrogen) atoms. The Balaban J connectivity index is 1.93. The SMILES string of the molecule is Cc1ccccc1C(=O)Nc1nc(-c2c(F)ccc(C(F)(F)F)c2F)ns1. The Kier molecular flexibility index (Phi) is 4.92. The monoisotopic (exact) mass is 399 g/mol. The molecule has 0 fully saturated rings. The summed E-state index contributed by atoms with van der Waals surface area (Å²) in [7, 11) is 0. The Hall–Kier alpha value is -2.88. The smallest absolute Gasteiger partial charge is 0.297 e. The summed E-state index contributed by atoms with van der Waals surface area (Å²) in [6.07, 6.45) is -5.00. The molecule has 140 valence electrons. The van der Waals surface area contributed by atoms with Gasteiger partial charge in [0.1, 0.15) is 11.6 Å². The molecule has 1 N–H and O–H groups in total. The number of nitrogens with one attached hydrogen (secondary N) is 1. The number of benzene rings is 2. The second-order valence-corrected chi connectivity index (χ2v) is 6.23. The Labute approximate surface area is 153 Å². The Bertz CT molecular complexity index is 1020. The van der Waals surface area contributed by atoms with Crippen LogP contribution >= 0.6 is 11.5 Å². The quantitative estimate of drug-likeness (QED) is 0.626. The van der Waals surface area contributed by atoms with Crippen LogP contribution in [-0.4, -0.2) is 15.3 Å². The van der Waals surface area contributed by atoms with Gasteiger partial charge in [0.15, 0.2) is 5.82 Å². The van der Waals surface area contributed by atoms with E-state index in [-0.39, 0.29) is 5.13 Å². The Morgan fingerprint density at radius 3 is 2.48 bits per heavy atom. The molecular weight excluding hydrogens is 389 g/mol. The van der Waals surface area contributed by atoms with E-state index in [1.165, 1.54) is 0 Å². The van der Waals surface area contributed by atoms with E-state index in [9.17, 15) is 26.7 Å². The molecule has 0 spiro atoms. The lowest BCUT2D eigenvalue weighted by molar-refractivity contribution is -0.139. The minimum atomic E-state index is -5.00. The lowest BCUT2D eigenvalue weighted by Crippen LogP contribution is -2.13. The van der Waals surface area contributed by atoms with Gasteiger partial charge in [-0.25, -0.2) is 8.78 Å². The van der Waals surface area contributed by atoms with Gasteiger partial charge in [-0.05, 0) is 30.7 Å². The first-order chi connectivity index (χ1) is 12.7. The number of amides is 1. The molecule has 0 unspecified atom stereocenters. The summed E-state index contributed by atoms with van der Waals surface area (Å²) in [6.45, 7) is 1.72. The zero-order valence-electron chi connectivity index (χ0n) is 13.6. The highest BCUT2D eigenvalue weighted by atomic mass is 32.1. The van der Waals surface area contributed by atoms with Crippen LogP contribution in [0, 0.1) is 18.6 Å². The van der Waals surface area contributed by atoms with E-state index in [1.54, 1.807) is 31.2 Å². The van der Waals surface area contributed by atoms with Crippen molar-refractivity contribution in [2.24, 2.45) is 0 Å². The maximum atomic E-state index is 14.2. The first-order valence-corrected chi connectivity index (χ1v) is 8.22. The number of hydrogen-bond donors (Lipinski definition) is 1. The standard InChI is InChI=1S/C17H10F5N3OS/c1-8-4-2-3-5-9(8)15(26)24-16-23-14(25-27-16)12-11(18)7-6-10(13(12)19)17(20,21)22/h2-7H,1H3,(H,23,24,25,26). The fraction of sp³-hybridized carbons (Fsp3) is 0.118. The third kappa shape index (κ3) is 3.80. The summed E-state index contributed by atoms with van der Waals surface area (Å²) in [5.74, 6) is -4.16. The van der Waals surface area contributed by atoms with Crippen molar-refractivity contribution in [2.45, 2.75) is 13.1 Å². The molecule has 0 saturated heterocycles.